The highest BCUT2D eigenvalue weighted by Gasteiger charge is 2.39. The molecule has 1 aromatic carbocycles. The van der Waals surface area contributed by atoms with Gasteiger partial charge in [0.15, 0.2) is 23.8 Å². The Morgan fingerprint density at radius 1 is 0.500 bits per heavy atom. The maximum Gasteiger partial charge on any atom is 0.327 e. The minimum absolute atomic E-state index is 0.0163. The average molecular weight is 1590 g/mol. The molecular weight excluding hydrogens is 1480 g/mol. The van der Waals surface area contributed by atoms with E-state index in [1.54, 1.807) is 58.0 Å². The molecule has 1 aliphatic carbocycles. The van der Waals surface area contributed by atoms with Crippen LogP contribution in [0, 0.1) is 17.8 Å². The maximum atomic E-state index is 14.9. The van der Waals surface area contributed by atoms with Gasteiger partial charge in [-0.1, -0.05) is 112 Å². The first-order valence-electron chi connectivity index (χ1n) is 36.4. The van der Waals surface area contributed by atoms with Crippen molar-refractivity contribution in [1.29, 1.82) is 0 Å². The summed E-state index contributed by atoms with van der Waals surface area (Å²) in [7, 11) is 1.76. The molecule has 110 heavy (non-hydrogen) atoms. The van der Waals surface area contributed by atoms with Crippen LogP contribution in [-0.4, -0.2) is 234 Å². The molecule has 41 nitrogen and oxygen atoms in total. The van der Waals surface area contributed by atoms with E-state index < -0.39 is 192 Å². The Hall–Kier alpha value is -10.5. The predicted molar refractivity (Wildman–Crippen MR) is 413 cm³/mol. The van der Waals surface area contributed by atoms with E-state index in [2.05, 4.69) is 83.8 Å². The number of guanidine groups is 4. The summed E-state index contributed by atoms with van der Waals surface area (Å²) in [5, 5.41) is 51.4. The first kappa shape index (κ1) is 93.7. The first-order valence-corrected chi connectivity index (χ1v) is 38.9. The van der Waals surface area contributed by atoms with E-state index in [0.717, 1.165) is 28.0 Å². The van der Waals surface area contributed by atoms with Crippen LogP contribution in [0.1, 0.15) is 136 Å². The highest BCUT2D eigenvalue weighted by molar-refractivity contribution is 8.76. The van der Waals surface area contributed by atoms with Gasteiger partial charge >= 0.3 is 11.9 Å². The molecule has 614 valence electrons. The van der Waals surface area contributed by atoms with Crippen molar-refractivity contribution in [2.24, 2.45) is 89.3 Å². The fraction of sp³-hybridized carbons (Fsp3) is 0.642. The number of nitrogens with two attached hydrogens (primary N) is 9. The third-order valence-corrected chi connectivity index (χ3v) is 20.4. The monoisotopic (exact) mass is 1590 g/mol. The zero-order chi connectivity index (χ0) is 82.0. The number of nitrogens with zero attached hydrogens (tertiary/aromatic N) is 4. The van der Waals surface area contributed by atoms with E-state index in [1.807, 2.05) is 0 Å². The molecule has 1 aliphatic heterocycles. The SMILES string of the molecule is CC[C@H](C)[C@@H]1NC(=O)[C@@H](CCCN=C(N)N)NC(=O)CNC(=O)CNC(=O)[C@@H](C2CCCCC2)NC(=O)[C@H](NC(=O)[C@H](N)CCCN=C(N)N)CSSC[C@H](C(=O)O)NC(=O)[C@@H](CCCN=C(N)N)NC(=O)[C@H](Cc2ccccc2)NC(=O)[C@@H]([C@@H](C)CC)NC(=O)[C@H](CCCN=C(N)N)NC(=O)[C@@H](CC(=O)O)NC1=O. The largest absolute Gasteiger partial charge is 0.481 e. The number of nitrogens with one attached hydrogen (secondary N) is 12. The summed E-state index contributed by atoms with van der Waals surface area (Å²) in [4.78, 5) is 213. The molecular formula is C67H113N25O16S2. The number of carbonyl (C=O) groups is 14. The molecule has 0 unspecified atom stereocenters. The Morgan fingerprint density at radius 3 is 1.42 bits per heavy atom. The Kier molecular flexibility index (Phi) is 42.9. The minimum Gasteiger partial charge on any atom is -0.481 e. The molecule has 1 aromatic rings. The molecule has 13 atom stereocenters. The average Bonchev–Trinajstić information content (AvgIpc) is 0.853. The van der Waals surface area contributed by atoms with Gasteiger partial charge in [-0.15, -0.1) is 0 Å². The van der Waals surface area contributed by atoms with E-state index in [4.69, 9.17) is 51.6 Å². The zero-order valence-electron chi connectivity index (χ0n) is 62.6. The second-order valence-electron chi connectivity index (χ2n) is 26.7. The smallest absolute Gasteiger partial charge is 0.327 e. The fourth-order valence-electron chi connectivity index (χ4n) is 11.4. The Bertz CT molecular complexity index is 3370. The van der Waals surface area contributed by atoms with E-state index in [0.29, 0.717) is 31.2 Å². The number of hydrogen-bond acceptors (Lipinski definition) is 21. The maximum absolute atomic E-state index is 14.9. The quantitative estimate of drug-likeness (QED) is 0.0161. The Labute approximate surface area is 645 Å². The highest BCUT2D eigenvalue weighted by Crippen LogP contribution is 2.28. The molecule has 2 aliphatic rings. The van der Waals surface area contributed by atoms with E-state index in [-0.39, 0.29) is 126 Å². The first-order chi connectivity index (χ1) is 52.1. The number of aliphatic carboxylic acids is 2. The number of rotatable bonds is 28. The summed E-state index contributed by atoms with van der Waals surface area (Å²) in [6.45, 7) is 4.91. The van der Waals surface area contributed by atoms with Gasteiger partial charge < -0.3 is 126 Å². The van der Waals surface area contributed by atoms with Crippen LogP contribution in [0.4, 0.5) is 0 Å². The van der Waals surface area contributed by atoms with Gasteiger partial charge in [-0.25, -0.2) is 4.79 Å². The molecule has 0 spiro atoms. The summed E-state index contributed by atoms with van der Waals surface area (Å²) >= 11 is 0. The molecule has 1 heterocycles. The molecule has 43 heteroatoms. The van der Waals surface area contributed by atoms with Crippen molar-refractivity contribution in [3.63, 3.8) is 0 Å². The Balaban J connectivity index is 2.28. The van der Waals surface area contributed by atoms with Crippen LogP contribution < -0.4 is 115 Å². The third-order valence-electron chi connectivity index (χ3n) is 17.9. The van der Waals surface area contributed by atoms with Crippen LogP contribution in [-0.2, 0) is 73.5 Å². The van der Waals surface area contributed by atoms with Crippen LogP contribution >= 0.6 is 21.6 Å². The lowest BCUT2D eigenvalue weighted by molar-refractivity contribution is -0.142. The van der Waals surface area contributed by atoms with Gasteiger partial charge in [-0.05, 0) is 87.5 Å². The van der Waals surface area contributed by atoms with Crippen molar-refractivity contribution in [2.75, 3.05) is 50.8 Å². The van der Waals surface area contributed by atoms with Gasteiger partial charge in [0.1, 0.15) is 60.4 Å². The molecule has 0 bridgehead atoms. The number of aliphatic imine (C=N–C) groups is 4. The number of hydrogen-bond donors (Lipinski definition) is 23. The lowest BCUT2D eigenvalue weighted by atomic mass is 9.83. The van der Waals surface area contributed by atoms with Crippen molar-refractivity contribution in [1.82, 2.24) is 63.8 Å². The van der Waals surface area contributed by atoms with Gasteiger partial charge in [0.25, 0.3) is 0 Å². The van der Waals surface area contributed by atoms with Crippen LogP contribution in [0.5, 0.6) is 0 Å². The lowest BCUT2D eigenvalue weighted by Gasteiger charge is -2.31. The third kappa shape index (κ3) is 36.2. The molecule has 32 N–H and O–H groups in total. The molecule has 1 saturated carbocycles. The van der Waals surface area contributed by atoms with Gasteiger partial charge in [0, 0.05) is 44.1 Å². The van der Waals surface area contributed by atoms with E-state index in [1.165, 1.54) is 0 Å². The summed E-state index contributed by atoms with van der Waals surface area (Å²) < 4.78 is 0. The highest BCUT2D eigenvalue weighted by atomic mass is 33.1. The predicted octanol–water partition coefficient (Wildman–Crippen LogP) is -6.52. The fourth-order valence-corrected chi connectivity index (χ4v) is 13.7. The molecule has 0 aromatic heterocycles. The van der Waals surface area contributed by atoms with Gasteiger partial charge in [0.05, 0.1) is 25.6 Å². The van der Waals surface area contributed by atoms with E-state index >= 15 is 0 Å². The van der Waals surface area contributed by atoms with Crippen molar-refractivity contribution in [3.8, 4) is 0 Å². The summed E-state index contributed by atoms with van der Waals surface area (Å²) in [6.07, 6.45) is 1.85. The van der Waals surface area contributed by atoms with Crippen LogP contribution in [0.3, 0.4) is 0 Å². The second kappa shape index (κ2) is 50.3. The molecule has 0 radical (unpaired) electrons. The number of carboxylic acid groups (broad SMARTS) is 2. The van der Waals surface area contributed by atoms with Crippen LogP contribution in [0.2, 0.25) is 0 Å². The van der Waals surface area contributed by atoms with Gasteiger partial charge in [0.2, 0.25) is 70.9 Å². The standard InChI is InChI=1S/C67H113N25O16S2/c1-5-35(3)50-61(105)86-43(29-37-17-9-7-10-18-37)57(101)84-41(23-15-27-79-66(73)74)54(98)89-46(63(107)108)34-110-109-33-45(88-53(97)39(68)21-13-25-77-64(69)70)59(103)92-52(38-19-11-8-12-20-38)60(104)82-31-47(93)81-32-48(94)83-40(22-14-26-78-65(71)72)55(99)90-51(36(4)6-2)62(106)87-44(30-49(95)96)58(102)85-42(56(100)91-50)24-16-28-80-67(75)76/h7,9-10,17-18,35-36,38-46,50-52H,5-6,8,11-16,19-34,68H2,1-4H3,(H,81,93)(H,82,104)(H,83,94)(H,84,101)(H,85,102)(H,86,105)(H,87,106)(H,88,97)(H,89,98)(H,90,99)(H,91,100)(H,92,103)(H,95,96)(H,107,108)(H4,69,70,77)(H4,71,72,78)(H4,73,74,79)(H4,75,76,80)/t35-,36-,39+,40+,41+,42-,43-,44+,45+,46+,50+,51-,52+/m0/s1. The van der Waals surface area contributed by atoms with Gasteiger partial charge in [-0.2, -0.15) is 0 Å². The van der Waals surface area contributed by atoms with Gasteiger partial charge in [-0.3, -0.25) is 82.3 Å². The Morgan fingerprint density at radius 2 is 0.936 bits per heavy atom. The van der Waals surface area contributed by atoms with Crippen molar-refractivity contribution >= 4 is 128 Å². The summed E-state index contributed by atoms with van der Waals surface area (Å²) in [5.41, 5.74) is 51.1. The number of carbonyl (C=O) groups excluding carboxylic acids is 12. The summed E-state index contributed by atoms with van der Waals surface area (Å²) in [6, 6.07) is -8.61. The number of carboxylic acids is 2. The molecule has 1 saturated heterocycles. The molecule has 3 rings (SSSR count). The summed E-state index contributed by atoms with van der Waals surface area (Å²) in [5.74, 6) is -18.5. The number of benzene rings is 1. The van der Waals surface area contributed by atoms with Crippen molar-refractivity contribution in [3.05, 3.63) is 35.9 Å². The molecule has 12 amide bonds. The van der Waals surface area contributed by atoms with Crippen molar-refractivity contribution in [2.45, 2.75) is 203 Å². The second-order valence-corrected chi connectivity index (χ2v) is 29.3. The van der Waals surface area contributed by atoms with Crippen molar-refractivity contribution < 1.29 is 77.3 Å². The lowest BCUT2D eigenvalue weighted by Crippen LogP contribution is -2.62. The normalized spacial score (nSPS) is 23.7. The minimum atomic E-state index is -1.96. The van der Waals surface area contributed by atoms with Crippen LogP contribution in [0.15, 0.2) is 50.3 Å². The number of amides is 12. The van der Waals surface area contributed by atoms with Crippen LogP contribution in [0.25, 0.3) is 0 Å². The zero-order valence-corrected chi connectivity index (χ0v) is 64.2. The topological polar surface area (TPSA) is 707 Å². The van der Waals surface area contributed by atoms with E-state index in [9.17, 15) is 77.3 Å². The molecule has 2 fully saturated rings.